The maximum Gasteiger partial charge on any atom is 0.187 e. The Labute approximate surface area is 98.1 Å². The number of hydrogen-bond donors (Lipinski definition) is 0. The molecule has 80 valence electrons. The third-order valence-electron chi connectivity index (χ3n) is 2.11. The molecule has 0 fully saturated rings. The Morgan fingerprint density at radius 1 is 1.25 bits per heavy atom. The molecule has 0 spiro atoms. The standard InChI is InChI=1S/C12H9ClN2O/c13-10-4-2-6-15-12(10)11(16)7-9-3-1-5-14-8-9/h1-6,8H,7H2. The Hall–Kier alpha value is -1.74. The van der Waals surface area contributed by atoms with Gasteiger partial charge in [0, 0.05) is 25.0 Å². The van der Waals surface area contributed by atoms with E-state index in [9.17, 15) is 4.79 Å². The van der Waals surface area contributed by atoms with E-state index in [-0.39, 0.29) is 12.2 Å². The summed E-state index contributed by atoms with van der Waals surface area (Å²) < 4.78 is 0. The van der Waals surface area contributed by atoms with Gasteiger partial charge in [0.2, 0.25) is 0 Å². The van der Waals surface area contributed by atoms with Crippen molar-refractivity contribution in [1.82, 2.24) is 9.97 Å². The van der Waals surface area contributed by atoms with E-state index in [1.165, 1.54) is 0 Å². The predicted molar refractivity (Wildman–Crippen MR) is 61.5 cm³/mol. The quantitative estimate of drug-likeness (QED) is 0.764. The summed E-state index contributed by atoms with van der Waals surface area (Å²) in [5, 5.41) is 0.386. The Morgan fingerprint density at radius 3 is 2.75 bits per heavy atom. The van der Waals surface area contributed by atoms with Crippen LogP contribution >= 0.6 is 11.6 Å². The molecule has 2 rings (SSSR count). The number of hydrogen-bond acceptors (Lipinski definition) is 3. The number of ketones is 1. The highest BCUT2D eigenvalue weighted by atomic mass is 35.5. The fraction of sp³-hybridized carbons (Fsp3) is 0.0833. The minimum absolute atomic E-state index is 0.0985. The van der Waals surface area contributed by atoms with Crippen molar-refractivity contribution in [2.75, 3.05) is 0 Å². The monoisotopic (exact) mass is 232 g/mol. The summed E-state index contributed by atoms with van der Waals surface area (Å²) in [5.74, 6) is -0.0985. The number of carbonyl (C=O) groups is 1. The summed E-state index contributed by atoms with van der Waals surface area (Å²) in [6.45, 7) is 0. The largest absolute Gasteiger partial charge is 0.292 e. The molecule has 0 bridgehead atoms. The van der Waals surface area contributed by atoms with Gasteiger partial charge >= 0.3 is 0 Å². The van der Waals surface area contributed by atoms with E-state index in [1.54, 1.807) is 36.8 Å². The van der Waals surface area contributed by atoms with E-state index in [1.807, 2.05) is 6.07 Å². The van der Waals surface area contributed by atoms with Gasteiger partial charge in [-0.3, -0.25) is 14.8 Å². The molecular formula is C12H9ClN2O. The van der Waals surface area contributed by atoms with Crippen molar-refractivity contribution < 1.29 is 4.79 Å². The number of pyridine rings is 2. The van der Waals surface area contributed by atoms with Gasteiger partial charge in [-0.1, -0.05) is 17.7 Å². The fourth-order valence-corrected chi connectivity index (χ4v) is 1.59. The lowest BCUT2D eigenvalue weighted by Gasteiger charge is -2.01. The Balaban J connectivity index is 2.19. The number of nitrogens with zero attached hydrogens (tertiary/aromatic N) is 2. The maximum absolute atomic E-state index is 11.9. The van der Waals surface area contributed by atoms with Gasteiger partial charge in [-0.05, 0) is 23.8 Å². The number of rotatable bonds is 3. The summed E-state index contributed by atoms with van der Waals surface area (Å²) in [6.07, 6.45) is 5.16. The number of carbonyl (C=O) groups excluding carboxylic acids is 1. The van der Waals surface area contributed by atoms with Crippen LogP contribution < -0.4 is 0 Å². The summed E-state index contributed by atoms with van der Waals surface area (Å²) in [7, 11) is 0. The van der Waals surface area contributed by atoms with Crippen LogP contribution in [0.25, 0.3) is 0 Å². The van der Waals surface area contributed by atoms with Gasteiger partial charge in [-0.25, -0.2) is 0 Å². The van der Waals surface area contributed by atoms with Crippen LogP contribution in [0.1, 0.15) is 16.1 Å². The van der Waals surface area contributed by atoms with E-state index in [2.05, 4.69) is 9.97 Å². The predicted octanol–water partition coefficient (Wildman–Crippen LogP) is 2.56. The van der Waals surface area contributed by atoms with Gasteiger partial charge in [-0.15, -0.1) is 0 Å². The zero-order valence-corrected chi connectivity index (χ0v) is 9.19. The SMILES string of the molecule is O=C(Cc1cccnc1)c1ncccc1Cl. The lowest BCUT2D eigenvalue weighted by atomic mass is 10.1. The zero-order chi connectivity index (χ0) is 11.4. The molecule has 0 saturated carbocycles. The second-order valence-corrected chi connectivity index (χ2v) is 3.70. The first-order valence-electron chi connectivity index (χ1n) is 4.80. The molecular weight excluding hydrogens is 224 g/mol. The van der Waals surface area contributed by atoms with Crippen LogP contribution in [0.15, 0.2) is 42.9 Å². The molecule has 0 N–H and O–H groups in total. The minimum Gasteiger partial charge on any atom is -0.292 e. The van der Waals surface area contributed by atoms with Crippen molar-refractivity contribution in [2.45, 2.75) is 6.42 Å². The first-order valence-corrected chi connectivity index (χ1v) is 5.18. The topological polar surface area (TPSA) is 42.9 Å². The molecule has 0 saturated heterocycles. The summed E-state index contributed by atoms with van der Waals surface area (Å²) in [6, 6.07) is 7.00. The van der Waals surface area contributed by atoms with Crippen molar-refractivity contribution in [3.8, 4) is 0 Å². The average Bonchev–Trinajstić information content (AvgIpc) is 2.31. The number of aromatic nitrogens is 2. The van der Waals surface area contributed by atoms with Gasteiger partial charge in [0.25, 0.3) is 0 Å². The lowest BCUT2D eigenvalue weighted by Crippen LogP contribution is -2.06. The molecule has 0 aromatic carbocycles. The van der Waals surface area contributed by atoms with E-state index < -0.39 is 0 Å². The summed E-state index contributed by atoms with van der Waals surface area (Å²) in [5.41, 5.74) is 1.17. The third-order valence-corrected chi connectivity index (χ3v) is 2.42. The van der Waals surface area contributed by atoms with Gasteiger partial charge in [0.15, 0.2) is 5.78 Å². The summed E-state index contributed by atoms with van der Waals surface area (Å²) in [4.78, 5) is 19.8. The van der Waals surface area contributed by atoms with Crippen molar-refractivity contribution in [3.05, 3.63) is 59.1 Å². The molecule has 0 aliphatic heterocycles. The highest BCUT2D eigenvalue weighted by Gasteiger charge is 2.11. The van der Waals surface area contributed by atoms with Gasteiger partial charge in [-0.2, -0.15) is 0 Å². The van der Waals surface area contributed by atoms with Gasteiger partial charge in [0.1, 0.15) is 5.69 Å². The first kappa shape index (κ1) is 10.8. The van der Waals surface area contributed by atoms with Crippen LogP contribution in [0.2, 0.25) is 5.02 Å². The second-order valence-electron chi connectivity index (χ2n) is 3.30. The van der Waals surface area contributed by atoms with Crippen LogP contribution in [0, 0.1) is 0 Å². The highest BCUT2D eigenvalue weighted by molar-refractivity contribution is 6.33. The molecule has 0 radical (unpaired) electrons. The van der Waals surface area contributed by atoms with Gasteiger partial charge < -0.3 is 0 Å². The van der Waals surface area contributed by atoms with Crippen LogP contribution in [0.5, 0.6) is 0 Å². The van der Waals surface area contributed by atoms with Crippen LogP contribution in [0.4, 0.5) is 0 Å². The van der Waals surface area contributed by atoms with Crippen molar-refractivity contribution in [1.29, 1.82) is 0 Å². The molecule has 3 nitrogen and oxygen atoms in total. The van der Waals surface area contributed by atoms with Crippen LogP contribution in [-0.4, -0.2) is 15.8 Å². The Kier molecular flexibility index (Phi) is 3.27. The number of Topliss-reactive ketones (excluding diaryl/α,β-unsaturated/α-hetero) is 1. The van der Waals surface area contributed by atoms with Crippen molar-refractivity contribution >= 4 is 17.4 Å². The third kappa shape index (κ3) is 2.44. The molecule has 0 atom stereocenters. The van der Waals surface area contributed by atoms with Gasteiger partial charge in [0.05, 0.1) is 5.02 Å². The minimum atomic E-state index is -0.0985. The summed E-state index contributed by atoms with van der Waals surface area (Å²) >= 11 is 5.89. The molecule has 2 aromatic heterocycles. The zero-order valence-electron chi connectivity index (χ0n) is 8.43. The molecule has 16 heavy (non-hydrogen) atoms. The molecule has 2 aromatic rings. The fourth-order valence-electron chi connectivity index (χ4n) is 1.36. The molecule has 0 aliphatic carbocycles. The van der Waals surface area contributed by atoms with E-state index >= 15 is 0 Å². The molecule has 4 heteroatoms. The van der Waals surface area contributed by atoms with Crippen LogP contribution in [-0.2, 0) is 6.42 Å². The van der Waals surface area contributed by atoms with E-state index in [4.69, 9.17) is 11.6 Å². The highest BCUT2D eigenvalue weighted by Crippen LogP contribution is 2.14. The lowest BCUT2D eigenvalue weighted by molar-refractivity contribution is 0.0988. The molecule has 0 aliphatic rings. The Bertz CT molecular complexity index is 499. The van der Waals surface area contributed by atoms with Crippen LogP contribution in [0.3, 0.4) is 0 Å². The first-order chi connectivity index (χ1) is 7.77. The van der Waals surface area contributed by atoms with E-state index in [0.717, 1.165) is 5.56 Å². The Morgan fingerprint density at radius 2 is 2.06 bits per heavy atom. The molecule has 0 amide bonds. The smallest absolute Gasteiger partial charge is 0.187 e. The molecule has 2 heterocycles. The van der Waals surface area contributed by atoms with Crippen molar-refractivity contribution in [3.63, 3.8) is 0 Å². The second kappa shape index (κ2) is 4.86. The maximum atomic E-state index is 11.9. The average molecular weight is 233 g/mol. The van der Waals surface area contributed by atoms with Crippen molar-refractivity contribution in [2.24, 2.45) is 0 Å². The normalized spacial score (nSPS) is 10.1. The molecule has 0 unspecified atom stereocenters. The van der Waals surface area contributed by atoms with E-state index in [0.29, 0.717) is 10.7 Å². The number of halogens is 1.